The van der Waals surface area contributed by atoms with Crippen LogP contribution in [0, 0.1) is 19.1 Å². The van der Waals surface area contributed by atoms with Crippen molar-refractivity contribution in [3.63, 3.8) is 0 Å². The van der Waals surface area contributed by atoms with Gasteiger partial charge in [-0.05, 0) is 54.2 Å². The molecule has 0 saturated carbocycles. The zero-order valence-electron chi connectivity index (χ0n) is 20.0. The van der Waals surface area contributed by atoms with Crippen molar-refractivity contribution in [1.82, 2.24) is 15.0 Å². The molecule has 0 N–H and O–H groups in total. The average molecular weight is 656 g/mol. The molecule has 0 aliphatic carbocycles. The van der Waals surface area contributed by atoms with Crippen molar-refractivity contribution < 1.29 is 24.5 Å². The first kappa shape index (κ1) is 24.5. The van der Waals surface area contributed by atoms with E-state index in [4.69, 9.17) is 4.42 Å². The molecule has 1 radical (unpaired) electrons. The third-order valence-corrected chi connectivity index (χ3v) is 6.00. The standard InChI is InChI=1S/C21H13N2O.C11H8N.Ir/c1-13-7-9-19(23-12-13)16-5-2-4-14-15-8-10-18-17(6-3-11-22-18)21(15)24-20(14)16;1-2-6-10(7-3-1)11-8-4-5-9-12-11;/h2-4,6-12H,1H3;1-6,8-9H;/q2*-1;. The third kappa shape index (κ3) is 4.92. The molecule has 7 rings (SSSR count). The second-order valence-electron chi connectivity index (χ2n) is 8.42. The number of fused-ring (bicyclic) bond motifs is 5. The molecule has 0 atom stereocenters. The van der Waals surface area contributed by atoms with Gasteiger partial charge < -0.3 is 14.4 Å². The van der Waals surface area contributed by atoms with Gasteiger partial charge in [0.05, 0.1) is 11.1 Å². The molecule has 4 aromatic heterocycles. The quantitative estimate of drug-likeness (QED) is 0.178. The number of furan rings is 1. The number of rotatable bonds is 2. The summed E-state index contributed by atoms with van der Waals surface area (Å²) in [4.78, 5) is 13.2. The van der Waals surface area contributed by atoms with Crippen LogP contribution in [0.5, 0.6) is 0 Å². The van der Waals surface area contributed by atoms with E-state index in [-0.39, 0.29) is 20.1 Å². The molecular weight excluding hydrogens is 635 g/mol. The number of benzene rings is 3. The fourth-order valence-corrected chi connectivity index (χ4v) is 4.23. The number of hydrogen-bond donors (Lipinski definition) is 0. The van der Waals surface area contributed by atoms with Crippen LogP contribution in [0.4, 0.5) is 0 Å². The van der Waals surface area contributed by atoms with Crippen LogP contribution in [-0.4, -0.2) is 15.0 Å². The van der Waals surface area contributed by atoms with E-state index in [1.54, 1.807) is 12.4 Å². The van der Waals surface area contributed by atoms with Gasteiger partial charge in [-0.3, -0.25) is 4.98 Å². The van der Waals surface area contributed by atoms with Gasteiger partial charge in [0.1, 0.15) is 5.58 Å². The molecule has 4 heterocycles. The molecule has 0 amide bonds. The Morgan fingerprint density at radius 2 is 1.49 bits per heavy atom. The van der Waals surface area contributed by atoms with Crippen molar-refractivity contribution >= 4 is 32.8 Å². The van der Waals surface area contributed by atoms with Crippen LogP contribution in [0.1, 0.15) is 5.56 Å². The Morgan fingerprint density at radius 3 is 2.27 bits per heavy atom. The minimum atomic E-state index is 0. The molecule has 0 fully saturated rings. The van der Waals surface area contributed by atoms with E-state index in [2.05, 4.69) is 39.2 Å². The van der Waals surface area contributed by atoms with Crippen LogP contribution in [0.2, 0.25) is 0 Å². The van der Waals surface area contributed by atoms with Gasteiger partial charge in [0.2, 0.25) is 0 Å². The maximum atomic E-state index is 6.27. The van der Waals surface area contributed by atoms with E-state index in [1.807, 2.05) is 92.0 Å². The summed E-state index contributed by atoms with van der Waals surface area (Å²) in [5.74, 6) is 0. The molecule has 5 heteroatoms. The smallest absolute Gasteiger partial charge is 0.130 e. The minimum absolute atomic E-state index is 0. The molecule has 0 aliphatic rings. The number of nitrogens with zero attached hydrogens (tertiary/aromatic N) is 3. The van der Waals surface area contributed by atoms with Crippen molar-refractivity contribution in [3.05, 3.63) is 127 Å². The van der Waals surface area contributed by atoms with Gasteiger partial charge in [-0.15, -0.1) is 54.1 Å². The molecule has 181 valence electrons. The van der Waals surface area contributed by atoms with E-state index in [0.717, 1.165) is 60.9 Å². The average Bonchev–Trinajstić information content (AvgIpc) is 3.34. The number of aryl methyl sites for hydroxylation is 1. The van der Waals surface area contributed by atoms with Crippen LogP contribution in [-0.2, 0) is 20.1 Å². The largest absolute Gasteiger partial charge is 0.500 e. The molecule has 7 aromatic rings. The summed E-state index contributed by atoms with van der Waals surface area (Å²) in [5, 5.41) is 3.19. The fraction of sp³-hybridized carbons (Fsp3) is 0.0312. The van der Waals surface area contributed by atoms with Gasteiger partial charge in [-0.2, -0.15) is 0 Å². The SMILES string of the molecule is Cc1ccc(-c2[c-]ccc3c2oc2c4cccnc4ccc32)nc1.[Ir].[c-]1ccccc1-c1ccccn1. The van der Waals surface area contributed by atoms with Crippen LogP contribution < -0.4 is 0 Å². The second kappa shape index (κ2) is 10.8. The summed E-state index contributed by atoms with van der Waals surface area (Å²) in [7, 11) is 0. The minimum Gasteiger partial charge on any atom is -0.500 e. The molecule has 0 spiro atoms. The van der Waals surface area contributed by atoms with Crippen LogP contribution in [0.25, 0.3) is 55.4 Å². The van der Waals surface area contributed by atoms with E-state index in [0.29, 0.717) is 0 Å². The topological polar surface area (TPSA) is 51.8 Å². The maximum absolute atomic E-state index is 6.27. The number of pyridine rings is 3. The van der Waals surface area contributed by atoms with Gasteiger partial charge in [0.25, 0.3) is 0 Å². The molecule has 4 nitrogen and oxygen atoms in total. The Labute approximate surface area is 228 Å². The van der Waals surface area contributed by atoms with Crippen molar-refractivity contribution in [2.75, 3.05) is 0 Å². The molecule has 0 aliphatic heterocycles. The van der Waals surface area contributed by atoms with Crippen LogP contribution in [0.3, 0.4) is 0 Å². The van der Waals surface area contributed by atoms with E-state index >= 15 is 0 Å². The van der Waals surface area contributed by atoms with Crippen molar-refractivity contribution in [1.29, 1.82) is 0 Å². The Morgan fingerprint density at radius 1 is 0.622 bits per heavy atom. The summed E-state index contributed by atoms with van der Waals surface area (Å²) in [6.07, 6.45) is 5.45. The predicted molar refractivity (Wildman–Crippen MR) is 144 cm³/mol. The summed E-state index contributed by atoms with van der Waals surface area (Å²) in [6.45, 7) is 2.03. The van der Waals surface area contributed by atoms with E-state index in [1.165, 1.54) is 0 Å². The summed E-state index contributed by atoms with van der Waals surface area (Å²) < 4.78 is 6.27. The van der Waals surface area contributed by atoms with Crippen molar-refractivity contribution in [3.8, 4) is 22.5 Å². The fourth-order valence-electron chi connectivity index (χ4n) is 4.23. The van der Waals surface area contributed by atoms with Crippen LogP contribution >= 0.6 is 0 Å². The Hall–Kier alpha value is -4.18. The van der Waals surface area contributed by atoms with Gasteiger partial charge >= 0.3 is 0 Å². The molecule has 3 aromatic carbocycles. The van der Waals surface area contributed by atoms with E-state index in [9.17, 15) is 0 Å². The Kier molecular flexibility index (Phi) is 7.18. The molecule has 0 unspecified atom stereocenters. The van der Waals surface area contributed by atoms with Gasteiger partial charge in [-0.1, -0.05) is 35.2 Å². The monoisotopic (exact) mass is 656 g/mol. The first-order chi connectivity index (χ1) is 17.8. The van der Waals surface area contributed by atoms with E-state index < -0.39 is 0 Å². The van der Waals surface area contributed by atoms with Gasteiger partial charge in [0, 0.05) is 49.5 Å². The van der Waals surface area contributed by atoms with Crippen molar-refractivity contribution in [2.45, 2.75) is 6.92 Å². The molecule has 0 saturated heterocycles. The first-order valence-electron chi connectivity index (χ1n) is 11.7. The maximum Gasteiger partial charge on any atom is 0.130 e. The summed E-state index contributed by atoms with van der Waals surface area (Å²) in [5.41, 5.74) is 7.52. The van der Waals surface area contributed by atoms with Gasteiger partial charge in [-0.25, -0.2) is 0 Å². The molecular formula is C32H21IrN3O-2. The first-order valence-corrected chi connectivity index (χ1v) is 11.7. The number of hydrogen-bond acceptors (Lipinski definition) is 4. The summed E-state index contributed by atoms with van der Waals surface area (Å²) >= 11 is 0. The molecule has 37 heavy (non-hydrogen) atoms. The zero-order chi connectivity index (χ0) is 24.3. The van der Waals surface area contributed by atoms with Crippen LogP contribution in [0.15, 0.2) is 114 Å². The zero-order valence-corrected chi connectivity index (χ0v) is 22.4. The molecule has 0 bridgehead atoms. The normalized spacial score (nSPS) is 10.6. The van der Waals surface area contributed by atoms with Gasteiger partial charge in [0.15, 0.2) is 0 Å². The van der Waals surface area contributed by atoms with Crippen molar-refractivity contribution in [2.24, 2.45) is 0 Å². The Balaban J connectivity index is 0.000000183. The third-order valence-electron chi connectivity index (χ3n) is 6.00. The predicted octanol–water partition coefficient (Wildman–Crippen LogP) is 7.85. The Bertz CT molecular complexity index is 1740. The number of aromatic nitrogens is 3. The summed E-state index contributed by atoms with van der Waals surface area (Å²) in [6, 6.07) is 36.2. The second-order valence-corrected chi connectivity index (χ2v) is 8.42.